The molecule has 1 atom stereocenters. The van der Waals surface area contributed by atoms with Crippen molar-refractivity contribution < 1.29 is 13.2 Å². The lowest BCUT2D eigenvalue weighted by atomic mass is 9.79. The lowest BCUT2D eigenvalue weighted by Gasteiger charge is -2.42. The normalized spacial score (nSPS) is 24.0. The minimum atomic E-state index is -4.23. The van der Waals surface area contributed by atoms with Gasteiger partial charge in [-0.1, -0.05) is 13.8 Å². The Morgan fingerprint density at radius 2 is 2.15 bits per heavy atom. The van der Waals surface area contributed by atoms with Crippen molar-refractivity contribution in [3.63, 3.8) is 0 Å². The number of nitrogens with zero attached hydrogens (tertiary/aromatic N) is 3. The van der Waals surface area contributed by atoms with E-state index in [2.05, 4.69) is 23.8 Å². The fourth-order valence-electron chi connectivity index (χ4n) is 2.64. The molecule has 1 saturated heterocycles. The molecule has 0 saturated carbocycles. The molecule has 0 spiro atoms. The summed E-state index contributed by atoms with van der Waals surface area (Å²) in [7, 11) is 0. The van der Waals surface area contributed by atoms with Crippen LogP contribution in [-0.2, 0) is 13.1 Å². The number of hydrogen-bond donors (Lipinski definition) is 1. The van der Waals surface area contributed by atoms with Gasteiger partial charge in [0, 0.05) is 37.4 Å². The van der Waals surface area contributed by atoms with Crippen molar-refractivity contribution in [2.75, 3.05) is 13.1 Å². The van der Waals surface area contributed by atoms with E-state index in [1.807, 2.05) is 0 Å². The molecule has 0 bridgehead atoms. The molecule has 1 fully saturated rings. The van der Waals surface area contributed by atoms with Gasteiger partial charge in [-0.15, -0.1) is 0 Å². The van der Waals surface area contributed by atoms with E-state index in [-0.39, 0.29) is 11.5 Å². The van der Waals surface area contributed by atoms with Crippen LogP contribution in [0.5, 0.6) is 0 Å². The van der Waals surface area contributed by atoms with Crippen molar-refractivity contribution in [2.45, 2.75) is 45.6 Å². The second-order valence-electron chi connectivity index (χ2n) is 6.26. The average Bonchev–Trinajstić information content (AvgIpc) is 2.68. The molecular weight excluding hydrogens is 269 g/mol. The first-order valence-electron chi connectivity index (χ1n) is 6.72. The SMILES string of the molecule is CC1(C)CN(Cc2cnn(CC(F)(F)F)c2)CCC1N. The minimum absolute atomic E-state index is 0.0280. The summed E-state index contributed by atoms with van der Waals surface area (Å²) in [6.45, 7) is 5.54. The molecule has 1 aromatic heterocycles. The van der Waals surface area contributed by atoms with Crippen LogP contribution < -0.4 is 5.73 Å². The van der Waals surface area contributed by atoms with Crippen LogP contribution in [0.2, 0.25) is 0 Å². The van der Waals surface area contributed by atoms with Crippen LogP contribution in [0.15, 0.2) is 12.4 Å². The third-order valence-electron chi connectivity index (χ3n) is 3.83. The Kier molecular flexibility index (Phi) is 4.11. The Balaban J connectivity index is 1.94. The third kappa shape index (κ3) is 3.96. The maximum absolute atomic E-state index is 12.3. The first kappa shape index (κ1) is 15.3. The molecule has 0 aliphatic carbocycles. The predicted molar refractivity (Wildman–Crippen MR) is 69.9 cm³/mol. The molecule has 1 unspecified atom stereocenters. The number of piperidine rings is 1. The van der Waals surface area contributed by atoms with E-state index in [9.17, 15) is 13.2 Å². The van der Waals surface area contributed by atoms with E-state index >= 15 is 0 Å². The van der Waals surface area contributed by atoms with Gasteiger partial charge in [-0.25, -0.2) is 0 Å². The van der Waals surface area contributed by atoms with Gasteiger partial charge in [0.25, 0.3) is 0 Å². The highest BCUT2D eigenvalue weighted by Crippen LogP contribution is 2.28. The molecule has 2 N–H and O–H groups in total. The Morgan fingerprint density at radius 3 is 2.75 bits per heavy atom. The zero-order valence-corrected chi connectivity index (χ0v) is 11.8. The second-order valence-corrected chi connectivity index (χ2v) is 6.26. The van der Waals surface area contributed by atoms with E-state index in [1.165, 1.54) is 12.4 Å². The average molecular weight is 290 g/mol. The molecule has 0 aromatic carbocycles. The summed E-state index contributed by atoms with van der Waals surface area (Å²) in [5.74, 6) is 0. The third-order valence-corrected chi connectivity index (χ3v) is 3.83. The maximum atomic E-state index is 12.3. The van der Waals surface area contributed by atoms with Crippen molar-refractivity contribution in [2.24, 2.45) is 11.1 Å². The Hall–Kier alpha value is -1.08. The number of halogens is 3. The monoisotopic (exact) mass is 290 g/mol. The van der Waals surface area contributed by atoms with E-state index < -0.39 is 12.7 Å². The fourth-order valence-corrected chi connectivity index (χ4v) is 2.64. The van der Waals surface area contributed by atoms with Crippen LogP contribution in [0.3, 0.4) is 0 Å². The van der Waals surface area contributed by atoms with Crippen LogP contribution in [0.1, 0.15) is 25.8 Å². The summed E-state index contributed by atoms with van der Waals surface area (Å²) < 4.78 is 37.7. The highest BCUT2D eigenvalue weighted by molar-refractivity contribution is 5.05. The van der Waals surface area contributed by atoms with Crippen LogP contribution in [-0.4, -0.2) is 40.0 Å². The summed E-state index contributed by atoms with van der Waals surface area (Å²) in [5, 5.41) is 3.76. The largest absolute Gasteiger partial charge is 0.408 e. The molecule has 2 heterocycles. The van der Waals surface area contributed by atoms with E-state index in [4.69, 9.17) is 5.73 Å². The van der Waals surface area contributed by atoms with Crippen molar-refractivity contribution in [3.05, 3.63) is 18.0 Å². The predicted octanol–water partition coefficient (Wildman–Crippen LogP) is 2.00. The molecule has 1 aliphatic rings. The van der Waals surface area contributed by atoms with Gasteiger partial charge in [0.2, 0.25) is 0 Å². The van der Waals surface area contributed by atoms with Gasteiger partial charge in [-0.2, -0.15) is 18.3 Å². The lowest BCUT2D eigenvalue weighted by Crippen LogP contribution is -2.51. The number of aromatic nitrogens is 2. The summed E-state index contributed by atoms with van der Waals surface area (Å²) >= 11 is 0. The number of alkyl halides is 3. The Labute approximate surface area is 116 Å². The van der Waals surface area contributed by atoms with E-state index in [0.29, 0.717) is 6.54 Å². The first-order valence-corrected chi connectivity index (χ1v) is 6.72. The number of hydrogen-bond acceptors (Lipinski definition) is 3. The zero-order chi connectivity index (χ0) is 15.0. The van der Waals surface area contributed by atoms with Crippen LogP contribution in [0.25, 0.3) is 0 Å². The fraction of sp³-hybridized carbons (Fsp3) is 0.769. The Morgan fingerprint density at radius 1 is 1.45 bits per heavy atom. The number of rotatable bonds is 3. The molecule has 20 heavy (non-hydrogen) atoms. The van der Waals surface area contributed by atoms with Gasteiger partial charge in [0.1, 0.15) is 6.54 Å². The van der Waals surface area contributed by atoms with Crippen molar-refractivity contribution >= 4 is 0 Å². The summed E-state index contributed by atoms with van der Waals surface area (Å²) in [6, 6.07) is 0.173. The first-order chi connectivity index (χ1) is 9.16. The molecule has 4 nitrogen and oxygen atoms in total. The molecule has 0 radical (unpaired) electrons. The summed E-state index contributed by atoms with van der Waals surface area (Å²) in [4.78, 5) is 2.22. The van der Waals surface area contributed by atoms with Crippen molar-refractivity contribution in [1.82, 2.24) is 14.7 Å². The van der Waals surface area contributed by atoms with E-state index in [1.54, 1.807) is 0 Å². The van der Waals surface area contributed by atoms with Crippen molar-refractivity contribution in [1.29, 1.82) is 0 Å². The number of likely N-dealkylation sites (tertiary alicyclic amines) is 1. The molecule has 1 aromatic rings. The highest BCUT2D eigenvalue weighted by atomic mass is 19.4. The Bertz CT molecular complexity index is 453. The quantitative estimate of drug-likeness (QED) is 0.926. The highest BCUT2D eigenvalue weighted by Gasteiger charge is 2.33. The van der Waals surface area contributed by atoms with Crippen LogP contribution in [0, 0.1) is 5.41 Å². The van der Waals surface area contributed by atoms with Gasteiger partial charge < -0.3 is 5.73 Å². The van der Waals surface area contributed by atoms with Gasteiger partial charge >= 0.3 is 6.18 Å². The smallest absolute Gasteiger partial charge is 0.327 e. The molecule has 2 rings (SSSR count). The summed E-state index contributed by atoms with van der Waals surface area (Å²) in [6.07, 6.45) is -0.352. The molecule has 114 valence electrons. The molecule has 7 heteroatoms. The van der Waals surface area contributed by atoms with Gasteiger partial charge in [0.05, 0.1) is 6.20 Å². The zero-order valence-electron chi connectivity index (χ0n) is 11.8. The second kappa shape index (κ2) is 5.37. The molecule has 0 amide bonds. The van der Waals surface area contributed by atoms with Gasteiger partial charge in [-0.3, -0.25) is 9.58 Å². The van der Waals surface area contributed by atoms with Crippen LogP contribution >= 0.6 is 0 Å². The molecular formula is C13H21F3N4. The standard InChI is InChI=1S/C13H21F3N4/c1-12(2)8-19(4-3-11(12)17)6-10-5-18-20(7-10)9-13(14,15)16/h5,7,11H,3-4,6,8-9,17H2,1-2H3. The van der Waals surface area contributed by atoms with Gasteiger partial charge in [0.15, 0.2) is 0 Å². The van der Waals surface area contributed by atoms with E-state index in [0.717, 1.165) is 29.8 Å². The van der Waals surface area contributed by atoms with Gasteiger partial charge in [-0.05, 0) is 11.8 Å². The van der Waals surface area contributed by atoms with Crippen LogP contribution in [0.4, 0.5) is 13.2 Å². The lowest BCUT2D eigenvalue weighted by molar-refractivity contribution is -0.142. The minimum Gasteiger partial charge on any atom is -0.327 e. The maximum Gasteiger partial charge on any atom is 0.408 e. The summed E-state index contributed by atoms with van der Waals surface area (Å²) in [5.41, 5.74) is 6.91. The number of nitrogens with two attached hydrogens (primary N) is 1. The van der Waals surface area contributed by atoms with Crippen molar-refractivity contribution in [3.8, 4) is 0 Å². The molecule has 1 aliphatic heterocycles. The topological polar surface area (TPSA) is 47.1 Å².